The highest BCUT2D eigenvalue weighted by molar-refractivity contribution is 6.34. The van der Waals surface area contributed by atoms with Crippen LogP contribution in [-0.4, -0.2) is 17.8 Å². The third-order valence-electron chi connectivity index (χ3n) is 4.74. The largest absolute Gasteiger partial charge is 0.458 e. The van der Waals surface area contributed by atoms with Gasteiger partial charge < -0.3 is 4.84 Å². The number of alkyl halides is 5. The van der Waals surface area contributed by atoms with Crippen LogP contribution in [0.1, 0.15) is 32.3 Å². The van der Waals surface area contributed by atoms with Crippen molar-refractivity contribution in [3.63, 3.8) is 0 Å². The summed E-state index contributed by atoms with van der Waals surface area (Å²) in [5.41, 5.74) is -3.44. The van der Waals surface area contributed by atoms with Gasteiger partial charge in [0.25, 0.3) is 0 Å². The van der Waals surface area contributed by atoms with E-state index in [0.29, 0.717) is 12.0 Å². The fraction of sp³-hybridized carbons (Fsp3) is 0.421. The summed E-state index contributed by atoms with van der Waals surface area (Å²) in [6.45, 7) is 3.84. The van der Waals surface area contributed by atoms with Crippen molar-refractivity contribution in [1.82, 2.24) is 0 Å². The van der Waals surface area contributed by atoms with Crippen molar-refractivity contribution in [2.24, 2.45) is 10.6 Å². The number of rotatable bonds is 3. The maximum Gasteiger partial charge on any atom is 0.458 e. The molecule has 0 amide bonds. The second kappa shape index (κ2) is 6.73. The van der Waals surface area contributed by atoms with Crippen LogP contribution in [0.15, 0.2) is 47.2 Å². The van der Waals surface area contributed by atoms with Crippen molar-refractivity contribution >= 4 is 28.9 Å². The van der Waals surface area contributed by atoms with E-state index in [1.165, 1.54) is 6.07 Å². The first kappa shape index (κ1) is 21.1. The fourth-order valence-corrected chi connectivity index (χ4v) is 3.83. The van der Waals surface area contributed by atoms with Crippen LogP contribution in [0.2, 0.25) is 10.0 Å². The minimum Gasteiger partial charge on any atom is -0.377 e. The number of halogens is 7. The monoisotopic (exact) mass is 439 g/mol. The molecule has 0 N–H and O–H groups in total. The van der Waals surface area contributed by atoms with E-state index >= 15 is 0 Å². The summed E-state index contributed by atoms with van der Waals surface area (Å²) in [5, 5.41) is 3.45. The summed E-state index contributed by atoms with van der Waals surface area (Å²) in [5.74, 6) is -5.24. The zero-order valence-corrected chi connectivity index (χ0v) is 16.4. The molecular weight excluding hydrogens is 424 g/mol. The lowest BCUT2D eigenvalue weighted by Gasteiger charge is -2.36. The molecule has 1 atom stereocenters. The molecule has 1 aliphatic heterocycles. The van der Waals surface area contributed by atoms with Crippen LogP contribution in [0, 0.1) is 5.41 Å². The minimum atomic E-state index is -5.87. The maximum absolute atomic E-state index is 14.7. The number of allylic oxidation sites excluding steroid dienone is 4. The van der Waals surface area contributed by atoms with Crippen LogP contribution >= 0.6 is 23.2 Å². The molecule has 0 saturated heterocycles. The lowest BCUT2D eigenvalue weighted by Crippen LogP contribution is -2.55. The van der Waals surface area contributed by atoms with Gasteiger partial charge in [-0.1, -0.05) is 60.4 Å². The third-order valence-corrected chi connectivity index (χ3v) is 5.18. The van der Waals surface area contributed by atoms with Gasteiger partial charge in [-0.25, -0.2) is 0 Å². The van der Waals surface area contributed by atoms with Gasteiger partial charge in [0.05, 0.1) is 5.71 Å². The van der Waals surface area contributed by atoms with Crippen LogP contribution in [0.25, 0.3) is 0 Å². The quantitative estimate of drug-likeness (QED) is 0.461. The lowest BCUT2D eigenvalue weighted by atomic mass is 9.78. The Balaban J connectivity index is 2.11. The van der Waals surface area contributed by atoms with E-state index in [1.54, 1.807) is 12.2 Å². The molecule has 1 heterocycles. The highest BCUT2D eigenvalue weighted by atomic mass is 35.5. The van der Waals surface area contributed by atoms with Gasteiger partial charge in [-0.15, -0.1) is 0 Å². The first-order valence-corrected chi connectivity index (χ1v) is 9.09. The van der Waals surface area contributed by atoms with Crippen molar-refractivity contribution in [1.29, 1.82) is 0 Å². The van der Waals surface area contributed by atoms with Crippen LogP contribution in [0.5, 0.6) is 0 Å². The van der Waals surface area contributed by atoms with E-state index in [-0.39, 0.29) is 21.2 Å². The molecule has 0 radical (unpaired) electrons. The highest BCUT2D eigenvalue weighted by Crippen LogP contribution is 2.55. The Morgan fingerprint density at radius 1 is 1.04 bits per heavy atom. The Bertz CT molecular complexity index is 869. The maximum atomic E-state index is 14.7. The summed E-state index contributed by atoms with van der Waals surface area (Å²) < 4.78 is 69.4. The minimum absolute atomic E-state index is 0.00375. The third kappa shape index (κ3) is 3.54. The van der Waals surface area contributed by atoms with Crippen molar-refractivity contribution in [2.45, 2.75) is 44.4 Å². The Morgan fingerprint density at radius 2 is 1.64 bits per heavy atom. The molecule has 152 valence electrons. The second-order valence-corrected chi connectivity index (χ2v) is 8.43. The van der Waals surface area contributed by atoms with Crippen LogP contribution in [0.4, 0.5) is 22.0 Å². The van der Waals surface area contributed by atoms with Gasteiger partial charge in [-0.05, 0) is 35.6 Å². The Hall–Kier alpha value is -1.60. The van der Waals surface area contributed by atoms with Gasteiger partial charge in [0.1, 0.15) is 0 Å². The molecule has 0 aromatic heterocycles. The van der Waals surface area contributed by atoms with Crippen molar-refractivity contribution < 1.29 is 26.8 Å². The van der Waals surface area contributed by atoms with Gasteiger partial charge >= 0.3 is 12.1 Å². The fourth-order valence-electron chi connectivity index (χ4n) is 3.31. The van der Waals surface area contributed by atoms with E-state index in [9.17, 15) is 22.0 Å². The molecule has 1 aromatic carbocycles. The van der Waals surface area contributed by atoms with Gasteiger partial charge in [0.2, 0.25) is 5.60 Å². The first-order chi connectivity index (χ1) is 12.8. The predicted molar refractivity (Wildman–Crippen MR) is 97.9 cm³/mol. The smallest absolute Gasteiger partial charge is 0.377 e. The van der Waals surface area contributed by atoms with Crippen LogP contribution in [0.3, 0.4) is 0 Å². The van der Waals surface area contributed by atoms with Gasteiger partial charge in [-0.3, -0.25) is 0 Å². The van der Waals surface area contributed by atoms with E-state index in [4.69, 9.17) is 28.0 Å². The molecule has 1 unspecified atom stereocenters. The van der Waals surface area contributed by atoms with E-state index in [2.05, 4.69) is 5.16 Å². The Kier molecular flexibility index (Phi) is 5.08. The standard InChI is InChI=1S/C19H16Cl2F5NO/c1-16(2)5-3-4-11(9-16)15-10-17(28-27-15,18(22,23)19(24,25)26)12-6-13(20)8-14(21)7-12/h3-4,6-9H,5,10H2,1-2H3. The van der Waals surface area contributed by atoms with E-state index in [1.807, 2.05) is 19.9 Å². The zero-order valence-electron chi connectivity index (χ0n) is 14.9. The summed E-state index contributed by atoms with van der Waals surface area (Å²) in [7, 11) is 0. The van der Waals surface area contributed by atoms with Crippen molar-refractivity contribution in [3.8, 4) is 0 Å². The molecule has 0 spiro atoms. The number of hydrogen-bond donors (Lipinski definition) is 0. The van der Waals surface area contributed by atoms with Gasteiger partial charge in [-0.2, -0.15) is 22.0 Å². The average Bonchev–Trinajstić information content (AvgIpc) is 2.99. The zero-order chi connectivity index (χ0) is 21.0. The van der Waals surface area contributed by atoms with E-state index < -0.39 is 29.7 Å². The molecule has 0 saturated carbocycles. The topological polar surface area (TPSA) is 21.6 Å². The van der Waals surface area contributed by atoms with Gasteiger partial charge in [0.15, 0.2) is 0 Å². The number of oxime groups is 1. The Labute approximate surface area is 168 Å². The molecule has 0 bridgehead atoms. The summed E-state index contributed by atoms with van der Waals surface area (Å²) in [6, 6.07) is 3.21. The normalized spacial score (nSPS) is 24.6. The molecule has 2 aliphatic rings. The number of nitrogens with zero attached hydrogens (tertiary/aromatic N) is 1. The molecule has 0 fully saturated rings. The molecule has 3 rings (SSSR count). The SMILES string of the molecule is CC1(C)C=C(C2=NOC(c3cc(Cl)cc(Cl)c3)(C(F)(F)C(F)(F)F)C2)C=CC1. The second-order valence-electron chi connectivity index (χ2n) is 7.56. The first-order valence-electron chi connectivity index (χ1n) is 8.33. The van der Waals surface area contributed by atoms with Crippen molar-refractivity contribution in [2.75, 3.05) is 0 Å². The molecule has 2 nitrogen and oxygen atoms in total. The van der Waals surface area contributed by atoms with Gasteiger partial charge in [0, 0.05) is 22.0 Å². The summed E-state index contributed by atoms with van der Waals surface area (Å²) in [6.07, 6.45) is -0.720. The molecule has 1 aliphatic carbocycles. The number of hydrogen-bond acceptors (Lipinski definition) is 2. The molecule has 1 aromatic rings. The Morgan fingerprint density at radius 3 is 2.18 bits per heavy atom. The van der Waals surface area contributed by atoms with Crippen LogP contribution < -0.4 is 0 Å². The average molecular weight is 440 g/mol. The molecule has 9 heteroatoms. The summed E-state index contributed by atoms with van der Waals surface area (Å²) >= 11 is 11.7. The number of benzene rings is 1. The van der Waals surface area contributed by atoms with E-state index in [0.717, 1.165) is 12.1 Å². The molecule has 28 heavy (non-hydrogen) atoms. The highest BCUT2D eigenvalue weighted by Gasteiger charge is 2.74. The molecular formula is C19H16Cl2F5NO. The van der Waals surface area contributed by atoms with Crippen LogP contribution in [-0.2, 0) is 10.4 Å². The summed E-state index contributed by atoms with van der Waals surface area (Å²) in [4.78, 5) is 4.89. The lowest BCUT2D eigenvalue weighted by molar-refractivity contribution is -0.350. The van der Waals surface area contributed by atoms with Crippen molar-refractivity contribution in [3.05, 3.63) is 57.6 Å². The predicted octanol–water partition coefficient (Wildman–Crippen LogP) is 7.08.